The first kappa shape index (κ1) is 20.1. The monoisotopic (exact) mass is 404 g/mol. The van der Waals surface area contributed by atoms with Gasteiger partial charge in [-0.2, -0.15) is 0 Å². The first-order valence-corrected chi connectivity index (χ1v) is 10.2. The van der Waals surface area contributed by atoms with E-state index in [1.807, 2.05) is 0 Å². The summed E-state index contributed by atoms with van der Waals surface area (Å²) in [6.07, 6.45) is 1.79. The van der Waals surface area contributed by atoms with Gasteiger partial charge < -0.3 is 10.1 Å². The number of piperidine rings is 1. The van der Waals surface area contributed by atoms with Crippen molar-refractivity contribution in [2.75, 3.05) is 19.7 Å². The van der Waals surface area contributed by atoms with Gasteiger partial charge in [-0.05, 0) is 56.0 Å². The Morgan fingerprint density at radius 3 is 2.88 bits per heavy atom. The molecule has 1 aromatic heterocycles. The van der Waals surface area contributed by atoms with E-state index in [9.17, 15) is 13.2 Å². The van der Waals surface area contributed by atoms with Crippen LogP contribution in [-0.2, 0) is 14.8 Å². The Kier molecular flexibility index (Phi) is 6.81. The summed E-state index contributed by atoms with van der Waals surface area (Å²) in [6, 6.07) is 6.51. The average molecular weight is 405 g/mol. The van der Waals surface area contributed by atoms with Crippen LogP contribution in [-0.4, -0.2) is 40.1 Å². The summed E-state index contributed by atoms with van der Waals surface area (Å²) < 4.78 is 33.7. The summed E-state index contributed by atoms with van der Waals surface area (Å²) in [7, 11) is -3.57. The van der Waals surface area contributed by atoms with Crippen molar-refractivity contribution in [3.63, 3.8) is 0 Å². The van der Waals surface area contributed by atoms with Gasteiger partial charge in [0, 0.05) is 17.3 Å². The maximum Gasteiger partial charge on any atom is 0.348 e. The van der Waals surface area contributed by atoms with E-state index >= 15 is 0 Å². The van der Waals surface area contributed by atoms with E-state index in [-0.39, 0.29) is 29.3 Å². The van der Waals surface area contributed by atoms with Crippen LogP contribution in [0.2, 0.25) is 0 Å². The molecule has 0 spiro atoms. The summed E-state index contributed by atoms with van der Waals surface area (Å²) in [6.45, 7) is 3.64. The van der Waals surface area contributed by atoms with E-state index in [0.717, 1.165) is 29.5 Å². The van der Waals surface area contributed by atoms with Crippen LogP contribution >= 0.6 is 23.7 Å². The van der Waals surface area contributed by atoms with Gasteiger partial charge in [0.15, 0.2) is 0 Å². The van der Waals surface area contributed by atoms with Gasteiger partial charge in [0.1, 0.15) is 4.88 Å². The zero-order valence-electron chi connectivity index (χ0n) is 13.8. The second kappa shape index (κ2) is 8.46. The van der Waals surface area contributed by atoms with Crippen molar-refractivity contribution in [1.29, 1.82) is 0 Å². The lowest BCUT2D eigenvalue weighted by Gasteiger charge is -2.23. The Bertz CT molecular complexity index is 845. The number of sulfonamides is 1. The first-order valence-electron chi connectivity index (χ1n) is 7.93. The van der Waals surface area contributed by atoms with Gasteiger partial charge >= 0.3 is 5.97 Å². The lowest BCUT2D eigenvalue weighted by Crippen LogP contribution is -2.45. The minimum atomic E-state index is -3.57. The van der Waals surface area contributed by atoms with Gasteiger partial charge in [0.05, 0.1) is 11.5 Å². The molecular weight excluding hydrogens is 384 g/mol. The Balaban J connectivity index is 0.00000225. The van der Waals surface area contributed by atoms with Crippen LogP contribution < -0.4 is 10.0 Å². The third-order valence-corrected chi connectivity index (χ3v) is 6.51. The minimum Gasteiger partial charge on any atom is -0.462 e. The Hall–Kier alpha value is -1.19. The Morgan fingerprint density at radius 2 is 2.20 bits per heavy atom. The number of carbonyl (C=O) groups excluding carboxylic acids is 1. The highest BCUT2D eigenvalue weighted by Crippen LogP contribution is 2.28. The number of carbonyl (C=O) groups is 1. The molecule has 3 rings (SSSR count). The fourth-order valence-corrected chi connectivity index (χ4v) is 4.97. The van der Waals surface area contributed by atoms with E-state index in [2.05, 4.69) is 10.0 Å². The molecule has 2 N–H and O–H groups in total. The third-order valence-electron chi connectivity index (χ3n) is 3.89. The van der Waals surface area contributed by atoms with Crippen LogP contribution in [0, 0.1) is 0 Å². The van der Waals surface area contributed by atoms with Gasteiger partial charge in [-0.3, -0.25) is 0 Å². The lowest BCUT2D eigenvalue weighted by molar-refractivity contribution is 0.0532. The molecule has 0 aliphatic carbocycles. The fraction of sp³-hybridized carbons (Fsp3) is 0.438. The van der Waals surface area contributed by atoms with E-state index in [1.165, 1.54) is 11.3 Å². The second-order valence-corrected chi connectivity index (χ2v) is 8.49. The largest absolute Gasteiger partial charge is 0.462 e. The number of benzene rings is 1. The highest BCUT2D eigenvalue weighted by molar-refractivity contribution is 7.89. The maximum atomic E-state index is 12.6. The highest BCUT2D eigenvalue weighted by Gasteiger charge is 2.22. The fourth-order valence-electron chi connectivity index (χ4n) is 2.73. The van der Waals surface area contributed by atoms with Crippen LogP contribution in [0.1, 0.15) is 29.4 Å². The molecule has 2 aromatic rings. The Morgan fingerprint density at radius 1 is 1.40 bits per heavy atom. The number of halogens is 1. The van der Waals surface area contributed by atoms with Crippen molar-refractivity contribution in [3.05, 3.63) is 29.1 Å². The SMILES string of the molecule is CCOC(=O)c1cc2cc(S(=O)(=O)NC3CCCNC3)ccc2s1.Cl. The molecule has 1 aliphatic rings. The number of nitrogens with one attached hydrogen (secondary N) is 2. The number of esters is 1. The van der Waals surface area contributed by atoms with E-state index in [1.54, 1.807) is 31.2 Å². The predicted octanol–water partition coefficient (Wildman–Crippen LogP) is 2.53. The average Bonchev–Trinajstić information content (AvgIpc) is 2.99. The molecular formula is C16H21ClN2O4S2. The number of thiophene rings is 1. The molecule has 1 unspecified atom stereocenters. The van der Waals surface area contributed by atoms with E-state index in [4.69, 9.17) is 4.74 Å². The zero-order chi connectivity index (χ0) is 17.2. The second-order valence-electron chi connectivity index (χ2n) is 5.70. The summed E-state index contributed by atoms with van der Waals surface area (Å²) in [5.41, 5.74) is 0. The van der Waals surface area contributed by atoms with Crippen LogP contribution in [0.15, 0.2) is 29.2 Å². The molecule has 1 aliphatic heterocycles. The standard InChI is InChI=1S/C16H20N2O4S2.ClH/c1-2-22-16(19)15-9-11-8-13(5-6-14(11)23-15)24(20,21)18-12-4-3-7-17-10-12;/h5-6,8-9,12,17-18H,2-4,7,10H2,1H3;1H. The van der Waals surface area contributed by atoms with Gasteiger partial charge in [0.25, 0.3) is 0 Å². The maximum absolute atomic E-state index is 12.6. The number of hydrogen-bond donors (Lipinski definition) is 2. The summed E-state index contributed by atoms with van der Waals surface area (Å²) >= 11 is 1.30. The minimum absolute atomic E-state index is 0. The number of hydrogen-bond acceptors (Lipinski definition) is 6. The number of rotatable bonds is 5. The molecule has 0 amide bonds. The van der Waals surface area contributed by atoms with Crippen LogP contribution in [0.25, 0.3) is 10.1 Å². The number of fused-ring (bicyclic) bond motifs is 1. The van der Waals surface area contributed by atoms with Crippen molar-refractivity contribution >= 4 is 49.8 Å². The molecule has 138 valence electrons. The normalized spacial score (nSPS) is 17.9. The molecule has 9 heteroatoms. The quantitative estimate of drug-likeness (QED) is 0.748. The van der Waals surface area contributed by atoms with E-state index < -0.39 is 10.0 Å². The molecule has 1 aromatic carbocycles. The summed E-state index contributed by atoms with van der Waals surface area (Å²) in [4.78, 5) is 12.5. The highest BCUT2D eigenvalue weighted by atomic mass is 35.5. The molecule has 1 fully saturated rings. The molecule has 1 atom stereocenters. The van der Waals surface area contributed by atoms with Crippen molar-refractivity contribution in [1.82, 2.24) is 10.0 Å². The summed E-state index contributed by atoms with van der Waals surface area (Å²) in [5.74, 6) is -0.380. The zero-order valence-corrected chi connectivity index (χ0v) is 16.2. The van der Waals surface area contributed by atoms with Gasteiger partial charge in [0.2, 0.25) is 10.0 Å². The molecule has 0 radical (unpaired) electrons. The van der Waals surface area contributed by atoms with Crippen molar-refractivity contribution in [2.24, 2.45) is 0 Å². The molecule has 1 saturated heterocycles. The smallest absolute Gasteiger partial charge is 0.348 e. The van der Waals surface area contributed by atoms with E-state index in [0.29, 0.717) is 18.0 Å². The third kappa shape index (κ3) is 4.71. The van der Waals surface area contributed by atoms with Gasteiger partial charge in [-0.15, -0.1) is 23.7 Å². The van der Waals surface area contributed by atoms with Crippen LogP contribution in [0.3, 0.4) is 0 Å². The van der Waals surface area contributed by atoms with Crippen molar-refractivity contribution in [3.8, 4) is 0 Å². The van der Waals surface area contributed by atoms with Gasteiger partial charge in [-0.25, -0.2) is 17.9 Å². The first-order chi connectivity index (χ1) is 11.5. The number of ether oxygens (including phenoxy) is 1. The van der Waals surface area contributed by atoms with Gasteiger partial charge in [-0.1, -0.05) is 0 Å². The molecule has 0 bridgehead atoms. The summed E-state index contributed by atoms with van der Waals surface area (Å²) in [5, 5.41) is 3.92. The molecule has 6 nitrogen and oxygen atoms in total. The van der Waals surface area contributed by atoms with Crippen LogP contribution in [0.5, 0.6) is 0 Å². The van der Waals surface area contributed by atoms with Crippen molar-refractivity contribution in [2.45, 2.75) is 30.7 Å². The molecule has 25 heavy (non-hydrogen) atoms. The molecule has 0 saturated carbocycles. The van der Waals surface area contributed by atoms with Crippen LogP contribution in [0.4, 0.5) is 0 Å². The topological polar surface area (TPSA) is 84.5 Å². The predicted molar refractivity (Wildman–Crippen MR) is 101 cm³/mol. The molecule has 2 heterocycles. The Labute approximate surface area is 157 Å². The lowest BCUT2D eigenvalue weighted by atomic mass is 10.1. The van der Waals surface area contributed by atoms with Crippen molar-refractivity contribution < 1.29 is 17.9 Å².